The number of fused-ring (bicyclic) bond motifs is 1. The SMILES string of the molecule is COc1ccc([C@@H]2SCC(=O)Nc3c2cnn3-c2ccc(C(=O)O)cc2)cc1. The van der Waals surface area contributed by atoms with E-state index in [9.17, 15) is 9.59 Å². The minimum Gasteiger partial charge on any atom is -0.497 e. The van der Waals surface area contributed by atoms with Crippen LogP contribution in [0.25, 0.3) is 5.69 Å². The second kappa shape index (κ2) is 7.40. The van der Waals surface area contributed by atoms with Gasteiger partial charge in [0.2, 0.25) is 5.91 Å². The summed E-state index contributed by atoms with van der Waals surface area (Å²) in [6.45, 7) is 0. The first-order chi connectivity index (χ1) is 13.6. The van der Waals surface area contributed by atoms with Gasteiger partial charge < -0.3 is 15.2 Å². The smallest absolute Gasteiger partial charge is 0.335 e. The number of thioether (sulfide) groups is 1. The highest BCUT2D eigenvalue weighted by molar-refractivity contribution is 8.00. The molecular formula is C20H17N3O4S. The van der Waals surface area contributed by atoms with Crippen LogP contribution in [0.4, 0.5) is 5.82 Å². The molecule has 0 saturated carbocycles. The van der Waals surface area contributed by atoms with Crippen molar-refractivity contribution in [2.75, 3.05) is 18.2 Å². The number of hydrogen-bond donors (Lipinski definition) is 2. The van der Waals surface area contributed by atoms with Crippen LogP contribution >= 0.6 is 11.8 Å². The number of hydrogen-bond acceptors (Lipinski definition) is 5. The number of nitrogens with zero attached hydrogens (tertiary/aromatic N) is 2. The van der Waals surface area contributed by atoms with E-state index in [0.29, 0.717) is 17.3 Å². The molecule has 7 nitrogen and oxygen atoms in total. The second-order valence-corrected chi connectivity index (χ2v) is 7.32. The predicted octanol–water partition coefficient (Wildman–Crippen LogP) is 3.35. The summed E-state index contributed by atoms with van der Waals surface area (Å²) in [6.07, 6.45) is 1.74. The molecule has 3 aromatic rings. The maximum Gasteiger partial charge on any atom is 0.335 e. The lowest BCUT2D eigenvalue weighted by Gasteiger charge is -2.15. The number of carbonyl (C=O) groups is 2. The van der Waals surface area contributed by atoms with Gasteiger partial charge in [-0.25, -0.2) is 9.48 Å². The van der Waals surface area contributed by atoms with Crippen molar-refractivity contribution in [3.05, 3.63) is 71.4 Å². The molecule has 8 heteroatoms. The van der Waals surface area contributed by atoms with Crippen LogP contribution in [0.1, 0.15) is 26.7 Å². The van der Waals surface area contributed by atoms with Crippen LogP contribution in [0, 0.1) is 0 Å². The summed E-state index contributed by atoms with van der Waals surface area (Å²) < 4.78 is 6.85. The molecule has 0 bridgehead atoms. The number of rotatable bonds is 4. The van der Waals surface area contributed by atoms with Crippen molar-refractivity contribution in [2.24, 2.45) is 0 Å². The summed E-state index contributed by atoms with van der Waals surface area (Å²) in [5.74, 6) is 0.592. The summed E-state index contributed by atoms with van der Waals surface area (Å²) in [7, 11) is 1.62. The summed E-state index contributed by atoms with van der Waals surface area (Å²) in [4.78, 5) is 23.4. The first kappa shape index (κ1) is 18.1. The highest BCUT2D eigenvalue weighted by atomic mass is 32.2. The molecular weight excluding hydrogens is 378 g/mol. The number of ether oxygens (including phenoxy) is 1. The van der Waals surface area contributed by atoms with E-state index in [1.165, 1.54) is 23.9 Å². The van der Waals surface area contributed by atoms with Crippen molar-refractivity contribution in [1.29, 1.82) is 0 Å². The van der Waals surface area contributed by atoms with Gasteiger partial charge in [0, 0.05) is 5.56 Å². The molecule has 1 aliphatic rings. The topological polar surface area (TPSA) is 93.5 Å². The normalized spacial score (nSPS) is 16.0. The maximum atomic E-state index is 12.3. The first-order valence-electron chi connectivity index (χ1n) is 8.54. The third kappa shape index (κ3) is 3.34. The van der Waals surface area contributed by atoms with Crippen molar-refractivity contribution in [1.82, 2.24) is 9.78 Å². The van der Waals surface area contributed by atoms with Crippen LogP contribution in [-0.4, -0.2) is 39.6 Å². The van der Waals surface area contributed by atoms with Crippen LogP contribution in [0.3, 0.4) is 0 Å². The summed E-state index contributed by atoms with van der Waals surface area (Å²) in [5, 5.41) is 16.4. The van der Waals surface area contributed by atoms with Crippen LogP contribution in [0.5, 0.6) is 5.75 Å². The number of carboxylic acid groups (broad SMARTS) is 1. The van der Waals surface area contributed by atoms with Gasteiger partial charge >= 0.3 is 5.97 Å². The number of amides is 1. The Balaban J connectivity index is 1.75. The number of aromatic nitrogens is 2. The standard InChI is InChI=1S/C20H17N3O4S/c1-27-15-8-4-12(5-9-15)18-16-10-21-23(19(16)22-17(24)11-28-18)14-6-2-13(3-7-14)20(25)26/h2-10,18H,11H2,1H3,(H,22,24)(H,25,26)/t18-/m0/s1. The van der Waals surface area contributed by atoms with Gasteiger partial charge in [0.1, 0.15) is 11.6 Å². The van der Waals surface area contributed by atoms with E-state index in [2.05, 4.69) is 10.4 Å². The Morgan fingerprint density at radius 3 is 2.57 bits per heavy atom. The zero-order valence-electron chi connectivity index (χ0n) is 15.0. The van der Waals surface area contributed by atoms with E-state index in [-0.39, 0.29) is 16.7 Å². The van der Waals surface area contributed by atoms with Gasteiger partial charge in [-0.2, -0.15) is 5.10 Å². The molecule has 1 aliphatic heterocycles. The van der Waals surface area contributed by atoms with Crippen molar-refractivity contribution in [3.8, 4) is 11.4 Å². The molecule has 1 atom stereocenters. The predicted molar refractivity (Wildman–Crippen MR) is 106 cm³/mol. The second-order valence-electron chi connectivity index (χ2n) is 6.22. The van der Waals surface area contributed by atoms with Crippen molar-refractivity contribution >= 4 is 29.5 Å². The fraction of sp³-hybridized carbons (Fsp3) is 0.150. The number of carbonyl (C=O) groups excluding carboxylic acids is 1. The number of carboxylic acids is 1. The van der Waals surface area contributed by atoms with Crippen LogP contribution in [0.15, 0.2) is 54.7 Å². The van der Waals surface area contributed by atoms with Gasteiger partial charge in [0.15, 0.2) is 0 Å². The van der Waals surface area contributed by atoms with Gasteiger partial charge in [-0.1, -0.05) is 12.1 Å². The van der Waals surface area contributed by atoms with E-state index in [4.69, 9.17) is 9.84 Å². The Hall–Kier alpha value is -3.26. The first-order valence-corrected chi connectivity index (χ1v) is 9.59. The lowest BCUT2D eigenvalue weighted by atomic mass is 10.1. The molecule has 0 saturated heterocycles. The van der Waals surface area contributed by atoms with E-state index < -0.39 is 5.97 Å². The lowest BCUT2D eigenvalue weighted by molar-refractivity contribution is -0.113. The number of benzene rings is 2. The highest BCUT2D eigenvalue weighted by Crippen LogP contribution is 2.42. The van der Waals surface area contributed by atoms with Gasteiger partial charge in [-0.05, 0) is 42.0 Å². The number of aromatic carboxylic acids is 1. The van der Waals surface area contributed by atoms with Gasteiger partial charge in [0.25, 0.3) is 0 Å². The van der Waals surface area contributed by atoms with E-state index in [1.54, 1.807) is 30.1 Å². The minimum absolute atomic E-state index is 0.0631. The molecule has 0 aliphatic carbocycles. The Labute approximate surface area is 165 Å². The zero-order chi connectivity index (χ0) is 19.7. The van der Waals surface area contributed by atoms with Crippen molar-refractivity contribution in [3.63, 3.8) is 0 Å². The van der Waals surface area contributed by atoms with E-state index >= 15 is 0 Å². The van der Waals surface area contributed by atoms with Crippen molar-refractivity contribution in [2.45, 2.75) is 5.25 Å². The average Bonchev–Trinajstić information content (AvgIpc) is 3.04. The number of methoxy groups -OCH3 is 1. The molecule has 0 unspecified atom stereocenters. The Bertz CT molecular complexity index is 1030. The molecule has 1 aromatic heterocycles. The van der Waals surface area contributed by atoms with Crippen LogP contribution in [0.2, 0.25) is 0 Å². The van der Waals surface area contributed by atoms with Gasteiger partial charge in [-0.15, -0.1) is 11.8 Å². The Kier molecular flexibility index (Phi) is 4.79. The molecule has 0 radical (unpaired) electrons. The molecule has 2 N–H and O–H groups in total. The fourth-order valence-corrected chi connectivity index (χ4v) is 4.18. The molecule has 0 fully saturated rings. The van der Waals surface area contributed by atoms with E-state index in [1.807, 2.05) is 24.3 Å². The quantitative estimate of drug-likeness (QED) is 0.704. The van der Waals surface area contributed by atoms with Gasteiger partial charge in [0.05, 0.1) is 35.6 Å². The molecule has 4 rings (SSSR count). The van der Waals surface area contributed by atoms with Crippen molar-refractivity contribution < 1.29 is 19.4 Å². The maximum absolute atomic E-state index is 12.3. The van der Waals surface area contributed by atoms with Gasteiger partial charge in [-0.3, -0.25) is 4.79 Å². The average molecular weight is 395 g/mol. The van der Waals surface area contributed by atoms with Crippen LogP contribution < -0.4 is 10.1 Å². The molecule has 0 spiro atoms. The molecule has 1 amide bonds. The summed E-state index contributed by atoms with van der Waals surface area (Å²) in [5.41, 5.74) is 2.80. The summed E-state index contributed by atoms with van der Waals surface area (Å²) in [6, 6.07) is 14.1. The molecule has 142 valence electrons. The fourth-order valence-electron chi connectivity index (χ4n) is 3.09. The third-order valence-electron chi connectivity index (χ3n) is 4.50. The summed E-state index contributed by atoms with van der Waals surface area (Å²) >= 11 is 1.53. The zero-order valence-corrected chi connectivity index (χ0v) is 15.8. The number of nitrogens with one attached hydrogen (secondary N) is 1. The Morgan fingerprint density at radius 2 is 1.93 bits per heavy atom. The lowest BCUT2D eigenvalue weighted by Crippen LogP contribution is -2.15. The van der Waals surface area contributed by atoms with E-state index in [0.717, 1.165) is 16.9 Å². The third-order valence-corrected chi connectivity index (χ3v) is 5.78. The molecule has 2 heterocycles. The highest BCUT2D eigenvalue weighted by Gasteiger charge is 2.28. The molecule has 2 aromatic carbocycles. The molecule has 28 heavy (non-hydrogen) atoms. The largest absolute Gasteiger partial charge is 0.497 e. The minimum atomic E-state index is -0.991. The number of anilines is 1. The monoisotopic (exact) mass is 395 g/mol. The van der Waals surface area contributed by atoms with Crippen LogP contribution in [-0.2, 0) is 4.79 Å². The Morgan fingerprint density at radius 1 is 1.21 bits per heavy atom.